The maximum atomic E-state index is 11.8. The molecule has 21 heteroatoms. The smallest absolute Gasteiger partial charge is 0.217 e. The molecule has 4 saturated heterocycles. The lowest BCUT2D eigenvalue weighted by Crippen LogP contribution is -2.67. The van der Waals surface area contributed by atoms with Crippen LogP contribution in [0, 0.1) is 0 Å². The molecule has 0 radical (unpaired) electrons. The van der Waals surface area contributed by atoms with Gasteiger partial charge < -0.3 is 99.8 Å². The molecule has 0 aromatic heterocycles. The van der Waals surface area contributed by atoms with Crippen LogP contribution in [-0.2, 0) is 38.0 Å². The van der Waals surface area contributed by atoms with E-state index in [1.165, 1.54) is 0 Å². The third kappa shape index (κ3) is 8.54. The number of carbonyl (C=O) groups excluding carboxylic acids is 1. The summed E-state index contributed by atoms with van der Waals surface area (Å²) in [4.78, 5) is 11.8. The molecule has 0 bridgehead atoms. The third-order valence-corrected chi connectivity index (χ3v) is 8.45. The first-order valence-corrected chi connectivity index (χ1v) is 15.0. The SMILES string of the molecule is CC(=O)N[C@H]1[C@H](O[C@@H]2[C@@H](O[C@@H]3[C@H](O)[C@H](O)O[C@H](CO[C@H]4O[C@H](CO)[C@@H](O)[C@H](O)[C@@H]4O)[C@H]3O)O[C@H](CO)[C@@H](O)[C@@H]2O)O[C@H](CO)C[C@@H]1O. The van der Waals surface area contributed by atoms with Gasteiger partial charge in [-0.2, -0.15) is 0 Å². The molecule has 47 heavy (non-hydrogen) atoms. The van der Waals surface area contributed by atoms with Gasteiger partial charge >= 0.3 is 0 Å². The molecule has 0 saturated carbocycles. The topological polar surface area (TPSA) is 336 Å². The molecule has 274 valence electrons. The van der Waals surface area contributed by atoms with Gasteiger partial charge in [-0.3, -0.25) is 4.79 Å². The Morgan fingerprint density at radius 3 is 1.83 bits per heavy atom. The van der Waals surface area contributed by atoms with Gasteiger partial charge in [0, 0.05) is 13.3 Å². The molecule has 0 aliphatic carbocycles. The average molecular weight is 692 g/mol. The second-order valence-corrected chi connectivity index (χ2v) is 11.8. The Labute approximate surface area is 267 Å². The van der Waals surface area contributed by atoms with E-state index in [9.17, 15) is 66.1 Å². The van der Waals surface area contributed by atoms with Crippen molar-refractivity contribution in [3.05, 3.63) is 0 Å². The van der Waals surface area contributed by atoms with E-state index >= 15 is 0 Å². The average Bonchev–Trinajstić information content (AvgIpc) is 3.04. The standard InChI is InChI=1S/C26H45NO20/c1-7(31)27-13-9(32)2-8(3-28)42-24(13)47-22-18(37)15(34)11(5-30)45-26(22)46-21-16(35)12(43-23(40)20(21)39)6-41-25-19(38)17(36)14(33)10(4-29)44-25/h8-26,28-30,32-40H,2-6H2,1H3,(H,27,31)/t8-,9-,10+,11+,12+,13+,14+,15+,16+,17-,18-,19-,20-,21-,22-,23+,24-,25-,26+/m0/s1. The molecule has 4 fully saturated rings. The first-order chi connectivity index (χ1) is 22.2. The summed E-state index contributed by atoms with van der Waals surface area (Å²) in [5.74, 6) is -0.596. The Kier molecular flexibility index (Phi) is 13.6. The summed E-state index contributed by atoms with van der Waals surface area (Å²) in [5.41, 5.74) is 0. The lowest BCUT2D eigenvalue weighted by atomic mass is 9.96. The minimum Gasteiger partial charge on any atom is -0.394 e. The van der Waals surface area contributed by atoms with Gasteiger partial charge in [-0.05, 0) is 0 Å². The van der Waals surface area contributed by atoms with Gasteiger partial charge in [0.25, 0.3) is 0 Å². The quantitative estimate of drug-likeness (QED) is 0.0956. The highest BCUT2D eigenvalue weighted by Gasteiger charge is 2.54. The molecule has 0 aromatic carbocycles. The highest BCUT2D eigenvalue weighted by Crippen LogP contribution is 2.33. The van der Waals surface area contributed by atoms with E-state index < -0.39 is 149 Å². The maximum absolute atomic E-state index is 11.8. The van der Waals surface area contributed by atoms with Crippen molar-refractivity contribution in [2.24, 2.45) is 0 Å². The predicted molar refractivity (Wildman–Crippen MR) is 144 cm³/mol. The van der Waals surface area contributed by atoms with E-state index in [0.717, 1.165) is 6.92 Å². The van der Waals surface area contributed by atoms with Crippen molar-refractivity contribution in [1.29, 1.82) is 0 Å². The molecule has 0 spiro atoms. The maximum Gasteiger partial charge on any atom is 0.217 e. The van der Waals surface area contributed by atoms with Crippen LogP contribution in [-0.4, -0.2) is 210 Å². The molecular weight excluding hydrogens is 646 g/mol. The van der Waals surface area contributed by atoms with Gasteiger partial charge in [-0.25, -0.2) is 0 Å². The number of ether oxygens (including phenoxy) is 7. The molecule has 0 aromatic rings. The molecule has 4 aliphatic heterocycles. The molecular formula is C26H45NO20. The van der Waals surface area contributed by atoms with Crippen molar-refractivity contribution in [2.45, 2.75) is 130 Å². The van der Waals surface area contributed by atoms with Gasteiger partial charge in [0.1, 0.15) is 79.3 Å². The van der Waals surface area contributed by atoms with E-state index in [1.807, 2.05) is 0 Å². The van der Waals surface area contributed by atoms with Gasteiger partial charge in [-0.15, -0.1) is 0 Å². The Hall–Kier alpha value is -1.29. The molecule has 4 rings (SSSR count). The van der Waals surface area contributed by atoms with Crippen LogP contribution in [0.25, 0.3) is 0 Å². The number of amides is 1. The molecule has 21 nitrogen and oxygen atoms in total. The molecule has 1 amide bonds. The Morgan fingerprint density at radius 1 is 0.638 bits per heavy atom. The predicted octanol–water partition coefficient (Wildman–Crippen LogP) is -8.58. The minimum absolute atomic E-state index is 0.106. The van der Waals surface area contributed by atoms with Crippen LogP contribution in [0.3, 0.4) is 0 Å². The van der Waals surface area contributed by atoms with Gasteiger partial charge in [0.05, 0.1) is 38.6 Å². The summed E-state index contributed by atoms with van der Waals surface area (Å²) in [7, 11) is 0. The lowest BCUT2D eigenvalue weighted by molar-refractivity contribution is -0.380. The fourth-order valence-corrected chi connectivity index (χ4v) is 5.79. The Morgan fingerprint density at radius 2 is 1.23 bits per heavy atom. The number of rotatable bonds is 11. The molecule has 4 aliphatic rings. The number of aliphatic hydroxyl groups excluding tert-OH is 12. The summed E-state index contributed by atoms with van der Waals surface area (Å²) >= 11 is 0. The third-order valence-electron chi connectivity index (χ3n) is 8.45. The zero-order valence-corrected chi connectivity index (χ0v) is 25.1. The normalized spacial score (nSPS) is 49.4. The van der Waals surface area contributed by atoms with E-state index in [-0.39, 0.29) is 6.42 Å². The highest BCUT2D eigenvalue weighted by molar-refractivity contribution is 5.73. The highest BCUT2D eigenvalue weighted by atomic mass is 16.8. The van der Waals surface area contributed by atoms with Crippen molar-refractivity contribution in [3.63, 3.8) is 0 Å². The zero-order valence-electron chi connectivity index (χ0n) is 25.1. The van der Waals surface area contributed by atoms with Crippen LogP contribution in [0.4, 0.5) is 0 Å². The Bertz CT molecular complexity index is 996. The second-order valence-electron chi connectivity index (χ2n) is 11.8. The van der Waals surface area contributed by atoms with Crippen LogP contribution in [0.5, 0.6) is 0 Å². The van der Waals surface area contributed by atoms with E-state index in [4.69, 9.17) is 33.2 Å². The van der Waals surface area contributed by atoms with E-state index in [2.05, 4.69) is 5.32 Å². The van der Waals surface area contributed by atoms with Crippen molar-refractivity contribution in [1.82, 2.24) is 5.32 Å². The number of carbonyl (C=O) groups is 1. The van der Waals surface area contributed by atoms with E-state index in [0.29, 0.717) is 0 Å². The zero-order chi connectivity index (χ0) is 34.7. The van der Waals surface area contributed by atoms with Crippen LogP contribution in [0.1, 0.15) is 13.3 Å². The van der Waals surface area contributed by atoms with Crippen LogP contribution >= 0.6 is 0 Å². The van der Waals surface area contributed by atoms with Crippen molar-refractivity contribution >= 4 is 5.91 Å². The number of nitrogens with one attached hydrogen (secondary N) is 1. The van der Waals surface area contributed by atoms with Crippen LogP contribution in [0.2, 0.25) is 0 Å². The Balaban J connectivity index is 1.52. The van der Waals surface area contributed by atoms with Crippen molar-refractivity contribution < 1.29 is 99.2 Å². The molecule has 0 unspecified atom stereocenters. The molecule has 13 N–H and O–H groups in total. The lowest BCUT2D eigenvalue weighted by Gasteiger charge is -2.48. The number of hydrogen-bond donors (Lipinski definition) is 13. The van der Waals surface area contributed by atoms with Crippen LogP contribution < -0.4 is 5.32 Å². The van der Waals surface area contributed by atoms with Gasteiger partial charge in [0.15, 0.2) is 25.2 Å². The fraction of sp³-hybridized carbons (Fsp3) is 0.962. The monoisotopic (exact) mass is 691 g/mol. The molecule has 4 heterocycles. The fourth-order valence-electron chi connectivity index (χ4n) is 5.79. The minimum atomic E-state index is -2.04. The first-order valence-electron chi connectivity index (χ1n) is 15.0. The molecule has 19 atom stereocenters. The number of hydrogen-bond acceptors (Lipinski definition) is 20. The first kappa shape index (κ1) is 38.5. The second kappa shape index (κ2) is 16.6. The summed E-state index contributed by atoms with van der Waals surface area (Å²) in [6.45, 7) is -1.69. The van der Waals surface area contributed by atoms with Crippen molar-refractivity contribution in [3.8, 4) is 0 Å². The van der Waals surface area contributed by atoms with Crippen molar-refractivity contribution in [2.75, 3.05) is 26.4 Å². The van der Waals surface area contributed by atoms with Gasteiger partial charge in [-0.1, -0.05) is 0 Å². The number of aliphatic hydroxyl groups is 12. The van der Waals surface area contributed by atoms with Crippen LogP contribution in [0.15, 0.2) is 0 Å². The summed E-state index contributed by atoms with van der Waals surface area (Å²) in [6, 6.07) is -1.25. The summed E-state index contributed by atoms with van der Waals surface area (Å²) < 4.78 is 38.7. The summed E-state index contributed by atoms with van der Waals surface area (Å²) in [6.07, 6.45) is -30.3. The van der Waals surface area contributed by atoms with Gasteiger partial charge in [0.2, 0.25) is 5.91 Å². The summed E-state index contributed by atoms with van der Waals surface area (Å²) in [5, 5.41) is 126. The largest absolute Gasteiger partial charge is 0.394 e. The van der Waals surface area contributed by atoms with E-state index in [1.54, 1.807) is 0 Å².